The Bertz CT molecular complexity index is 887. The molecule has 0 aromatic rings. The van der Waals surface area contributed by atoms with E-state index in [1.54, 1.807) is 128 Å². The van der Waals surface area contributed by atoms with Crippen LogP contribution >= 0.6 is 0 Å². The summed E-state index contributed by atoms with van der Waals surface area (Å²) < 4.78 is 0. The second-order valence-electron chi connectivity index (χ2n) is 20.0. The third kappa shape index (κ3) is 5.86. The van der Waals surface area contributed by atoms with Crippen LogP contribution in [0.4, 0.5) is 0 Å². The standard InChI is InChI=1S/C46H76/c1-45(33-19-5-6-20-33,43-39-27-13-9-23-35(39)36-24-10-14-28-40(36)43)31-17-3-4-18-32-46(2,34-21-7-8-22-34)44-41-29-15-11-25-37(41)38-26-12-16-30-42(38)44/h3-4,33-44H,5-32H2,1-2H3. The van der Waals surface area contributed by atoms with Crippen LogP contribution in [0, 0.1) is 81.8 Å². The lowest BCUT2D eigenvalue weighted by molar-refractivity contribution is 0.00721. The highest BCUT2D eigenvalue weighted by Gasteiger charge is 2.59. The minimum Gasteiger partial charge on any atom is -0.0885 e. The topological polar surface area (TPSA) is 0 Å². The van der Waals surface area contributed by atoms with Gasteiger partial charge in [0, 0.05) is 0 Å². The highest BCUT2D eigenvalue weighted by atomic mass is 14.6. The molecule has 10 atom stereocenters. The normalized spacial score (nSPS) is 44.4. The first-order chi connectivity index (χ1) is 22.6. The molecule has 8 saturated carbocycles. The van der Waals surface area contributed by atoms with Gasteiger partial charge in [0.1, 0.15) is 0 Å². The van der Waals surface area contributed by atoms with Crippen molar-refractivity contribution >= 4 is 0 Å². The highest BCUT2D eigenvalue weighted by Crippen LogP contribution is 2.67. The lowest BCUT2D eigenvalue weighted by Gasteiger charge is -2.48. The van der Waals surface area contributed by atoms with Crippen molar-refractivity contribution in [1.82, 2.24) is 0 Å². The van der Waals surface area contributed by atoms with E-state index >= 15 is 0 Å². The van der Waals surface area contributed by atoms with E-state index in [1.165, 1.54) is 51.4 Å². The summed E-state index contributed by atoms with van der Waals surface area (Å²) in [5, 5.41) is 0. The predicted molar refractivity (Wildman–Crippen MR) is 197 cm³/mol. The minimum atomic E-state index is 0.603. The van der Waals surface area contributed by atoms with E-state index in [0.29, 0.717) is 10.8 Å². The lowest BCUT2D eigenvalue weighted by atomic mass is 9.56. The van der Waals surface area contributed by atoms with Crippen molar-refractivity contribution in [3.63, 3.8) is 0 Å². The molecule has 0 saturated heterocycles. The zero-order chi connectivity index (χ0) is 31.1. The summed E-state index contributed by atoms with van der Waals surface area (Å²) in [6.45, 7) is 5.76. The van der Waals surface area contributed by atoms with Crippen LogP contribution in [0.5, 0.6) is 0 Å². The average molecular weight is 629 g/mol. The van der Waals surface area contributed by atoms with Gasteiger partial charge >= 0.3 is 0 Å². The smallest absolute Gasteiger partial charge is 0.0261 e. The van der Waals surface area contributed by atoms with Crippen LogP contribution in [0.2, 0.25) is 0 Å². The van der Waals surface area contributed by atoms with Gasteiger partial charge < -0.3 is 0 Å². The van der Waals surface area contributed by atoms with E-state index in [2.05, 4.69) is 26.0 Å². The van der Waals surface area contributed by atoms with Crippen molar-refractivity contribution in [1.29, 1.82) is 0 Å². The van der Waals surface area contributed by atoms with Crippen LogP contribution in [0.25, 0.3) is 0 Å². The molecule has 8 rings (SSSR count). The molecule has 260 valence electrons. The second-order valence-corrected chi connectivity index (χ2v) is 20.0. The molecule has 10 unspecified atom stereocenters. The highest BCUT2D eigenvalue weighted by molar-refractivity contribution is 5.09. The first-order valence-corrected chi connectivity index (χ1v) is 22.2. The Morgan fingerprint density at radius 2 is 0.587 bits per heavy atom. The summed E-state index contributed by atoms with van der Waals surface area (Å²) in [7, 11) is 0. The summed E-state index contributed by atoms with van der Waals surface area (Å²) in [4.78, 5) is 0. The molecule has 0 N–H and O–H groups in total. The van der Waals surface area contributed by atoms with Gasteiger partial charge in [-0.1, -0.05) is 103 Å². The van der Waals surface area contributed by atoms with Gasteiger partial charge in [0.05, 0.1) is 0 Å². The SMILES string of the molecule is CC(CCC=CCCC(C)(C1CCCC1)C1C2CCCCC2C2CCCCC21)(C1CCCC1)C1C2CCCCC2C2CCCCC21. The number of allylic oxidation sites excluding steroid dienone is 2. The third-order valence-corrected chi connectivity index (χ3v) is 18.4. The Morgan fingerprint density at radius 3 is 0.870 bits per heavy atom. The monoisotopic (exact) mass is 629 g/mol. The molecule has 0 aromatic carbocycles. The van der Waals surface area contributed by atoms with Crippen LogP contribution in [0.3, 0.4) is 0 Å². The number of hydrogen-bond acceptors (Lipinski definition) is 0. The van der Waals surface area contributed by atoms with Crippen molar-refractivity contribution in [2.45, 2.75) is 194 Å². The fourth-order valence-electron chi connectivity index (χ4n) is 16.7. The van der Waals surface area contributed by atoms with E-state index in [4.69, 9.17) is 0 Å². The fourth-order valence-corrected chi connectivity index (χ4v) is 16.7. The molecule has 8 aliphatic carbocycles. The molecule has 0 amide bonds. The summed E-state index contributed by atoms with van der Waals surface area (Å²) >= 11 is 0. The molecule has 0 aromatic heterocycles. The average Bonchev–Trinajstić information content (AvgIpc) is 3.92. The van der Waals surface area contributed by atoms with Crippen LogP contribution < -0.4 is 0 Å². The first-order valence-electron chi connectivity index (χ1n) is 22.2. The zero-order valence-electron chi connectivity index (χ0n) is 30.9. The molecule has 0 heteroatoms. The van der Waals surface area contributed by atoms with Crippen molar-refractivity contribution in [2.24, 2.45) is 81.8 Å². The fraction of sp³-hybridized carbons (Fsp3) is 0.957. The van der Waals surface area contributed by atoms with E-state index in [0.717, 1.165) is 71.0 Å². The molecule has 46 heavy (non-hydrogen) atoms. The van der Waals surface area contributed by atoms with Gasteiger partial charge in [-0.25, -0.2) is 0 Å². The minimum absolute atomic E-state index is 0.603. The molecule has 0 aliphatic heterocycles. The van der Waals surface area contributed by atoms with E-state index in [1.807, 2.05) is 0 Å². The molecule has 8 aliphatic rings. The van der Waals surface area contributed by atoms with E-state index in [-0.39, 0.29) is 0 Å². The van der Waals surface area contributed by atoms with E-state index < -0.39 is 0 Å². The molecule has 0 heterocycles. The van der Waals surface area contributed by atoms with Crippen LogP contribution in [0.1, 0.15) is 194 Å². The summed E-state index contributed by atoms with van der Waals surface area (Å²) in [5.74, 6) is 12.9. The first kappa shape index (κ1) is 32.9. The Morgan fingerprint density at radius 1 is 0.348 bits per heavy atom. The second kappa shape index (κ2) is 14.2. The molecular weight excluding hydrogens is 553 g/mol. The van der Waals surface area contributed by atoms with Crippen molar-refractivity contribution in [3.8, 4) is 0 Å². The Labute approximate surface area is 286 Å². The summed E-state index contributed by atoms with van der Waals surface area (Å²) in [6.07, 6.45) is 48.6. The Balaban J connectivity index is 0.968. The maximum atomic E-state index is 2.88. The lowest BCUT2D eigenvalue weighted by Crippen LogP contribution is -2.41. The van der Waals surface area contributed by atoms with Gasteiger partial charge in [0.15, 0.2) is 0 Å². The molecule has 0 bridgehead atoms. The Hall–Kier alpha value is -0.260. The van der Waals surface area contributed by atoms with Crippen molar-refractivity contribution < 1.29 is 0 Å². The largest absolute Gasteiger partial charge is 0.0885 e. The summed E-state index contributed by atoms with van der Waals surface area (Å²) in [5.41, 5.74) is 1.21. The zero-order valence-corrected chi connectivity index (χ0v) is 30.9. The summed E-state index contributed by atoms with van der Waals surface area (Å²) in [6, 6.07) is 0. The van der Waals surface area contributed by atoms with Gasteiger partial charge in [0.2, 0.25) is 0 Å². The number of rotatable bonds is 10. The number of hydrogen-bond donors (Lipinski definition) is 0. The molecule has 0 radical (unpaired) electrons. The van der Waals surface area contributed by atoms with Crippen LogP contribution in [0.15, 0.2) is 12.2 Å². The predicted octanol–water partition coefficient (Wildman–Crippen LogP) is 14.0. The van der Waals surface area contributed by atoms with Crippen LogP contribution in [-0.4, -0.2) is 0 Å². The maximum Gasteiger partial charge on any atom is -0.0261 e. The molecule has 8 fully saturated rings. The van der Waals surface area contributed by atoms with E-state index in [9.17, 15) is 0 Å². The van der Waals surface area contributed by atoms with Crippen molar-refractivity contribution in [2.75, 3.05) is 0 Å². The van der Waals surface area contributed by atoms with Crippen molar-refractivity contribution in [3.05, 3.63) is 12.2 Å². The quantitative estimate of drug-likeness (QED) is 0.211. The molecule has 0 spiro atoms. The van der Waals surface area contributed by atoms with Gasteiger partial charge in [-0.05, 0) is 185 Å². The molecule has 0 nitrogen and oxygen atoms in total. The number of fused-ring (bicyclic) bond motifs is 6. The molecular formula is C46H76. The van der Waals surface area contributed by atoms with Gasteiger partial charge in [0.25, 0.3) is 0 Å². The Kier molecular flexibility index (Phi) is 10.1. The van der Waals surface area contributed by atoms with Crippen LogP contribution in [-0.2, 0) is 0 Å². The third-order valence-electron chi connectivity index (χ3n) is 18.4. The van der Waals surface area contributed by atoms with Gasteiger partial charge in [-0.3, -0.25) is 0 Å². The van der Waals surface area contributed by atoms with Gasteiger partial charge in [-0.15, -0.1) is 0 Å². The van der Waals surface area contributed by atoms with Gasteiger partial charge in [-0.2, -0.15) is 0 Å². The maximum absolute atomic E-state index is 2.88.